The van der Waals surface area contributed by atoms with Crippen molar-refractivity contribution in [2.24, 2.45) is 13.0 Å². The van der Waals surface area contributed by atoms with Crippen LogP contribution in [0, 0.1) is 5.92 Å². The van der Waals surface area contributed by atoms with Crippen LogP contribution in [0.1, 0.15) is 30.5 Å². The lowest BCUT2D eigenvalue weighted by Crippen LogP contribution is -2.24. The van der Waals surface area contributed by atoms with Crippen molar-refractivity contribution < 1.29 is 4.74 Å². The van der Waals surface area contributed by atoms with E-state index in [1.807, 2.05) is 24.0 Å². The van der Waals surface area contributed by atoms with Gasteiger partial charge in [0.15, 0.2) is 0 Å². The fourth-order valence-corrected chi connectivity index (χ4v) is 3.40. The molecule has 0 spiro atoms. The second-order valence-corrected chi connectivity index (χ2v) is 6.33. The van der Waals surface area contributed by atoms with Gasteiger partial charge >= 0.3 is 0 Å². The molecule has 4 nitrogen and oxygen atoms in total. The third kappa shape index (κ3) is 3.33. The highest BCUT2D eigenvalue weighted by atomic mass is 16.5. The number of hydrogen-bond donors (Lipinski definition) is 0. The van der Waals surface area contributed by atoms with E-state index < -0.39 is 0 Å². The number of aromatic nitrogens is 2. The van der Waals surface area contributed by atoms with Gasteiger partial charge in [-0.15, -0.1) is 0 Å². The molecule has 2 aromatic rings. The Hall–Kier alpha value is -1.81. The third-order valence-electron chi connectivity index (χ3n) is 4.72. The fourth-order valence-electron chi connectivity index (χ4n) is 3.40. The van der Waals surface area contributed by atoms with Gasteiger partial charge in [0.25, 0.3) is 0 Å². The lowest BCUT2D eigenvalue weighted by atomic mass is 10.0. The van der Waals surface area contributed by atoms with Crippen LogP contribution < -0.4 is 4.74 Å². The SMILES string of the molecule is COc1cccc([C@H](C)N2CC[C@@H](Cc3cnn(C)c3)C2)c1. The van der Waals surface area contributed by atoms with Crippen LogP contribution in [0.25, 0.3) is 0 Å². The Morgan fingerprint density at radius 3 is 3.00 bits per heavy atom. The van der Waals surface area contributed by atoms with Crippen molar-refractivity contribution in [3.05, 3.63) is 47.8 Å². The predicted octanol–water partition coefficient (Wildman–Crippen LogP) is 3.05. The van der Waals surface area contributed by atoms with Gasteiger partial charge in [-0.25, -0.2) is 0 Å². The lowest BCUT2D eigenvalue weighted by Gasteiger charge is -2.25. The van der Waals surface area contributed by atoms with E-state index in [9.17, 15) is 0 Å². The van der Waals surface area contributed by atoms with E-state index in [4.69, 9.17) is 4.74 Å². The van der Waals surface area contributed by atoms with Gasteiger partial charge in [0, 0.05) is 25.8 Å². The van der Waals surface area contributed by atoms with Crippen LogP contribution in [0.5, 0.6) is 5.75 Å². The number of ether oxygens (including phenoxy) is 1. The lowest BCUT2D eigenvalue weighted by molar-refractivity contribution is 0.252. The molecule has 4 heteroatoms. The molecule has 0 unspecified atom stereocenters. The van der Waals surface area contributed by atoms with Crippen molar-refractivity contribution in [2.75, 3.05) is 20.2 Å². The Labute approximate surface area is 132 Å². The number of likely N-dealkylation sites (tertiary alicyclic amines) is 1. The molecular weight excluding hydrogens is 274 g/mol. The van der Waals surface area contributed by atoms with Crippen molar-refractivity contribution >= 4 is 0 Å². The smallest absolute Gasteiger partial charge is 0.119 e. The number of aryl methyl sites for hydroxylation is 1. The molecule has 22 heavy (non-hydrogen) atoms. The summed E-state index contributed by atoms with van der Waals surface area (Å²) in [6.07, 6.45) is 6.53. The molecule has 2 heterocycles. The molecule has 1 aliphatic rings. The molecule has 118 valence electrons. The predicted molar refractivity (Wildman–Crippen MR) is 88.0 cm³/mol. The van der Waals surface area contributed by atoms with Gasteiger partial charge in [-0.3, -0.25) is 9.58 Å². The minimum atomic E-state index is 0.439. The van der Waals surface area contributed by atoms with Gasteiger partial charge in [-0.05, 0) is 55.5 Å². The normalized spacial score (nSPS) is 20.2. The van der Waals surface area contributed by atoms with Crippen molar-refractivity contribution in [3.63, 3.8) is 0 Å². The minimum Gasteiger partial charge on any atom is -0.497 e. The van der Waals surface area contributed by atoms with Crippen LogP contribution in [0.3, 0.4) is 0 Å². The molecule has 1 aromatic carbocycles. The van der Waals surface area contributed by atoms with Crippen LogP contribution >= 0.6 is 0 Å². The molecule has 0 aliphatic carbocycles. The van der Waals surface area contributed by atoms with Crippen molar-refractivity contribution in [1.29, 1.82) is 0 Å². The maximum atomic E-state index is 5.34. The zero-order valence-corrected chi connectivity index (χ0v) is 13.7. The standard InChI is InChI=1S/C18H25N3O/c1-14(17-5-4-6-18(10-17)22-3)21-8-7-15(13-21)9-16-11-19-20(2)12-16/h4-6,10-12,14-15H,7-9,13H2,1-3H3/t14-,15-/m0/s1. The van der Waals surface area contributed by atoms with Crippen LogP contribution in [0.2, 0.25) is 0 Å². The molecule has 2 atom stereocenters. The molecular formula is C18H25N3O. The van der Waals surface area contributed by atoms with E-state index >= 15 is 0 Å². The van der Waals surface area contributed by atoms with Crippen molar-refractivity contribution in [1.82, 2.24) is 14.7 Å². The zero-order valence-electron chi connectivity index (χ0n) is 13.7. The van der Waals surface area contributed by atoms with Gasteiger partial charge < -0.3 is 4.74 Å². The van der Waals surface area contributed by atoms with E-state index in [1.165, 1.54) is 24.1 Å². The van der Waals surface area contributed by atoms with Crippen LogP contribution in [-0.2, 0) is 13.5 Å². The maximum Gasteiger partial charge on any atom is 0.119 e. The van der Waals surface area contributed by atoms with Crippen molar-refractivity contribution in [2.45, 2.75) is 25.8 Å². The first-order chi connectivity index (χ1) is 10.7. The zero-order chi connectivity index (χ0) is 15.5. The molecule has 1 fully saturated rings. The molecule has 0 bridgehead atoms. The number of rotatable bonds is 5. The van der Waals surface area contributed by atoms with Crippen LogP contribution in [-0.4, -0.2) is 34.9 Å². The second-order valence-electron chi connectivity index (χ2n) is 6.33. The molecule has 1 aliphatic heterocycles. The molecule has 1 aromatic heterocycles. The Balaban J connectivity index is 1.61. The summed E-state index contributed by atoms with van der Waals surface area (Å²) < 4.78 is 7.23. The summed E-state index contributed by atoms with van der Waals surface area (Å²) in [5.74, 6) is 1.67. The third-order valence-corrected chi connectivity index (χ3v) is 4.72. The van der Waals surface area contributed by atoms with E-state index in [0.29, 0.717) is 6.04 Å². The first-order valence-corrected chi connectivity index (χ1v) is 8.01. The summed E-state index contributed by atoms with van der Waals surface area (Å²) in [4.78, 5) is 2.58. The highest BCUT2D eigenvalue weighted by Gasteiger charge is 2.27. The summed E-state index contributed by atoms with van der Waals surface area (Å²) in [5.41, 5.74) is 2.68. The molecule has 3 rings (SSSR count). The van der Waals surface area contributed by atoms with E-state index in [1.54, 1.807) is 7.11 Å². The Bertz CT molecular complexity index is 622. The summed E-state index contributed by atoms with van der Waals surface area (Å²) in [6, 6.07) is 8.87. The second kappa shape index (κ2) is 6.53. The summed E-state index contributed by atoms with van der Waals surface area (Å²) in [5, 5.41) is 4.27. The maximum absolute atomic E-state index is 5.34. The summed E-state index contributed by atoms with van der Waals surface area (Å²) in [7, 11) is 3.71. The van der Waals surface area contributed by atoms with Gasteiger partial charge in [-0.1, -0.05) is 12.1 Å². The van der Waals surface area contributed by atoms with Gasteiger partial charge in [0.1, 0.15) is 5.75 Å². The van der Waals surface area contributed by atoms with E-state index in [0.717, 1.165) is 24.6 Å². The first kappa shape index (κ1) is 15.1. The molecule has 0 amide bonds. The monoisotopic (exact) mass is 299 g/mol. The quantitative estimate of drug-likeness (QED) is 0.850. The molecule has 0 radical (unpaired) electrons. The largest absolute Gasteiger partial charge is 0.497 e. The molecule has 0 N–H and O–H groups in total. The Morgan fingerprint density at radius 1 is 1.41 bits per heavy atom. The number of benzene rings is 1. The molecule has 0 saturated carbocycles. The summed E-state index contributed by atoms with van der Waals surface area (Å²) >= 11 is 0. The Kier molecular flexibility index (Phi) is 4.48. The number of nitrogens with zero attached hydrogens (tertiary/aromatic N) is 3. The summed E-state index contributed by atoms with van der Waals surface area (Å²) in [6.45, 7) is 4.62. The average molecular weight is 299 g/mol. The average Bonchev–Trinajstić information content (AvgIpc) is 3.16. The van der Waals surface area contributed by atoms with Crippen molar-refractivity contribution in [3.8, 4) is 5.75 Å². The van der Waals surface area contributed by atoms with Gasteiger partial charge in [0.05, 0.1) is 13.3 Å². The fraction of sp³-hybridized carbons (Fsp3) is 0.500. The van der Waals surface area contributed by atoms with E-state index in [2.05, 4.69) is 41.3 Å². The number of hydrogen-bond acceptors (Lipinski definition) is 3. The Morgan fingerprint density at radius 2 is 2.27 bits per heavy atom. The van der Waals surface area contributed by atoms with Gasteiger partial charge in [-0.2, -0.15) is 5.10 Å². The van der Waals surface area contributed by atoms with Crippen LogP contribution in [0.4, 0.5) is 0 Å². The van der Waals surface area contributed by atoms with E-state index in [-0.39, 0.29) is 0 Å². The highest BCUT2D eigenvalue weighted by molar-refractivity contribution is 5.30. The highest BCUT2D eigenvalue weighted by Crippen LogP contribution is 2.30. The van der Waals surface area contributed by atoms with Crippen LogP contribution in [0.15, 0.2) is 36.7 Å². The topological polar surface area (TPSA) is 30.3 Å². The first-order valence-electron chi connectivity index (χ1n) is 8.01. The molecule has 1 saturated heterocycles. The van der Waals surface area contributed by atoms with Gasteiger partial charge in [0.2, 0.25) is 0 Å². The number of methoxy groups -OCH3 is 1. The minimum absolute atomic E-state index is 0.439.